The first-order chi connectivity index (χ1) is 30.1. The van der Waals surface area contributed by atoms with Crippen LogP contribution in [0.1, 0.15) is 16.7 Å². The molecule has 0 saturated carbocycles. The van der Waals surface area contributed by atoms with Gasteiger partial charge in [-0.1, -0.05) is 146 Å². The lowest BCUT2D eigenvalue weighted by Gasteiger charge is -2.41. The molecular formula is C57H48N4. The first-order valence-electron chi connectivity index (χ1n) is 20.9. The van der Waals surface area contributed by atoms with Crippen LogP contribution < -0.4 is 19.6 Å². The van der Waals surface area contributed by atoms with Crippen molar-refractivity contribution < 1.29 is 0 Å². The lowest BCUT2D eigenvalue weighted by Crippen LogP contribution is -2.24. The molecule has 0 fully saturated rings. The minimum absolute atomic E-state index is 1.01. The lowest BCUT2D eigenvalue weighted by molar-refractivity contribution is 1.16. The van der Waals surface area contributed by atoms with Crippen LogP contribution in [0.5, 0.6) is 0 Å². The Morgan fingerprint density at radius 3 is 0.738 bits per heavy atom. The molecular weight excluding hydrogens is 741 g/mol. The van der Waals surface area contributed by atoms with E-state index in [1.54, 1.807) is 0 Å². The molecule has 0 amide bonds. The summed E-state index contributed by atoms with van der Waals surface area (Å²) in [5, 5.41) is 0. The molecule has 4 heteroatoms. The van der Waals surface area contributed by atoms with Gasteiger partial charge in [-0.2, -0.15) is 0 Å². The largest absolute Gasteiger partial charge is 0.308 e. The summed E-state index contributed by atoms with van der Waals surface area (Å²) in [7, 11) is 0. The smallest absolute Gasteiger partial charge is 0.0968 e. The van der Waals surface area contributed by atoms with Crippen molar-refractivity contribution in [2.75, 3.05) is 19.6 Å². The average Bonchev–Trinajstić information content (AvgIpc) is 3.31. The maximum atomic E-state index is 2.47. The maximum absolute atomic E-state index is 2.47. The van der Waals surface area contributed by atoms with Gasteiger partial charge < -0.3 is 19.6 Å². The van der Waals surface area contributed by atoms with Gasteiger partial charge in [-0.15, -0.1) is 0 Å². The van der Waals surface area contributed by atoms with Crippen molar-refractivity contribution in [2.24, 2.45) is 0 Å². The molecule has 9 rings (SSSR count). The van der Waals surface area contributed by atoms with Gasteiger partial charge in [0, 0.05) is 45.5 Å². The van der Waals surface area contributed by atoms with E-state index in [1.165, 1.54) is 5.56 Å². The molecule has 0 aliphatic heterocycles. The van der Waals surface area contributed by atoms with Gasteiger partial charge in [0.25, 0.3) is 0 Å². The number of aryl methyl sites for hydroxylation is 3. The number of hydrogen-bond donors (Lipinski definition) is 0. The predicted octanol–water partition coefficient (Wildman–Crippen LogP) is 16.5. The number of para-hydroxylation sites is 8. The van der Waals surface area contributed by atoms with Crippen molar-refractivity contribution in [3.05, 3.63) is 253 Å². The van der Waals surface area contributed by atoms with E-state index in [4.69, 9.17) is 0 Å². The first-order valence-corrected chi connectivity index (χ1v) is 20.9. The SMILES string of the molecule is Cc1ccccc1N(c1ccccc1)c1ccc(N(c2ccccc2)c2ccccc2)c(N(c2ccccc2)c2ccccc2C)c1N(c1ccccc1)c1ccccc1C. The standard InChI is InChI=1S/C57H48N4/c1-43-25-19-22-38-51(43)59(48-32-13-6-14-33-48)55-42-41-54(58(46-28-9-4-10-29-46)47-30-11-5-12-31-47)56(60(49-34-15-7-16-35-49)52-39-23-20-26-44(52)2)57(55)61(50-36-17-8-18-37-50)53-40-24-21-27-45(53)3/h4-42H,1-3H3. The molecule has 0 N–H and O–H groups in total. The number of nitrogens with zero attached hydrogens (tertiary/aromatic N) is 4. The number of hydrogen-bond acceptors (Lipinski definition) is 4. The highest BCUT2D eigenvalue weighted by atomic mass is 15.3. The van der Waals surface area contributed by atoms with Crippen molar-refractivity contribution in [2.45, 2.75) is 20.8 Å². The second-order valence-corrected chi connectivity index (χ2v) is 15.2. The summed E-state index contributed by atoms with van der Waals surface area (Å²) < 4.78 is 0. The molecule has 4 nitrogen and oxygen atoms in total. The third kappa shape index (κ3) is 7.75. The summed E-state index contributed by atoms with van der Waals surface area (Å²) in [5.74, 6) is 0. The zero-order valence-electron chi connectivity index (χ0n) is 34.8. The minimum atomic E-state index is 1.01. The third-order valence-electron chi connectivity index (χ3n) is 11.2. The van der Waals surface area contributed by atoms with E-state index in [0.717, 1.165) is 79.4 Å². The van der Waals surface area contributed by atoms with Crippen molar-refractivity contribution in [3.8, 4) is 0 Å². The summed E-state index contributed by atoms with van der Waals surface area (Å²) in [5.41, 5.74) is 16.0. The molecule has 296 valence electrons. The van der Waals surface area contributed by atoms with Crippen molar-refractivity contribution in [1.29, 1.82) is 0 Å². The molecule has 61 heavy (non-hydrogen) atoms. The zero-order chi connectivity index (χ0) is 41.5. The molecule has 0 atom stereocenters. The van der Waals surface area contributed by atoms with E-state index < -0.39 is 0 Å². The Morgan fingerprint density at radius 1 is 0.197 bits per heavy atom. The van der Waals surface area contributed by atoms with Crippen molar-refractivity contribution >= 4 is 68.2 Å². The van der Waals surface area contributed by atoms with Crippen LogP contribution in [0.2, 0.25) is 0 Å². The average molecular weight is 789 g/mol. The number of anilines is 12. The van der Waals surface area contributed by atoms with Gasteiger partial charge >= 0.3 is 0 Å². The first kappa shape index (κ1) is 38.7. The van der Waals surface area contributed by atoms with Crippen LogP contribution in [0.25, 0.3) is 0 Å². The van der Waals surface area contributed by atoms with Gasteiger partial charge in [-0.25, -0.2) is 0 Å². The van der Waals surface area contributed by atoms with Crippen LogP contribution in [0.15, 0.2) is 237 Å². The van der Waals surface area contributed by atoms with Gasteiger partial charge in [-0.05, 0) is 128 Å². The Morgan fingerprint density at radius 2 is 0.426 bits per heavy atom. The highest BCUT2D eigenvalue weighted by Crippen LogP contribution is 2.58. The molecule has 0 spiro atoms. The lowest BCUT2D eigenvalue weighted by atomic mass is 10.0. The molecule has 0 aliphatic carbocycles. The van der Waals surface area contributed by atoms with E-state index in [1.807, 2.05) is 0 Å². The second kappa shape index (κ2) is 17.6. The van der Waals surface area contributed by atoms with Crippen LogP contribution in [0.3, 0.4) is 0 Å². The maximum Gasteiger partial charge on any atom is 0.0968 e. The monoisotopic (exact) mass is 788 g/mol. The van der Waals surface area contributed by atoms with Crippen LogP contribution in [-0.2, 0) is 0 Å². The van der Waals surface area contributed by atoms with Gasteiger partial charge in [0.15, 0.2) is 0 Å². The summed E-state index contributed by atoms with van der Waals surface area (Å²) in [4.78, 5) is 9.78. The van der Waals surface area contributed by atoms with Crippen LogP contribution >= 0.6 is 0 Å². The molecule has 0 bridgehead atoms. The van der Waals surface area contributed by atoms with Gasteiger partial charge in [0.1, 0.15) is 0 Å². The Balaban J connectivity index is 1.54. The molecule has 0 heterocycles. The van der Waals surface area contributed by atoms with E-state index in [9.17, 15) is 0 Å². The second-order valence-electron chi connectivity index (χ2n) is 15.2. The molecule has 0 unspecified atom stereocenters. The third-order valence-corrected chi connectivity index (χ3v) is 11.2. The van der Waals surface area contributed by atoms with Gasteiger partial charge in [0.2, 0.25) is 0 Å². The van der Waals surface area contributed by atoms with Crippen LogP contribution in [-0.4, -0.2) is 0 Å². The Kier molecular flexibility index (Phi) is 11.1. The number of benzene rings is 9. The fourth-order valence-corrected chi connectivity index (χ4v) is 8.30. The minimum Gasteiger partial charge on any atom is -0.308 e. The number of rotatable bonds is 12. The molecule has 0 aliphatic rings. The Labute approximate surface area is 360 Å². The van der Waals surface area contributed by atoms with Crippen LogP contribution in [0.4, 0.5) is 68.2 Å². The summed E-state index contributed by atoms with van der Waals surface area (Å²) >= 11 is 0. The summed E-state index contributed by atoms with van der Waals surface area (Å²) in [6, 6.07) is 84.6. The molecule has 9 aromatic rings. The molecule has 9 aromatic carbocycles. The molecule has 0 radical (unpaired) electrons. The summed E-state index contributed by atoms with van der Waals surface area (Å²) in [6.07, 6.45) is 0. The van der Waals surface area contributed by atoms with Crippen molar-refractivity contribution in [3.63, 3.8) is 0 Å². The van der Waals surface area contributed by atoms with E-state index in [2.05, 4.69) is 277 Å². The fraction of sp³-hybridized carbons (Fsp3) is 0.0526. The highest BCUT2D eigenvalue weighted by molar-refractivity contribution is 6.08. The molecule has 0 saturated heterocycles. The normalized spacial score (nSPS) is 10.9. The van der Waals surface area contributed by atoms with E-state index in [-0.39, 0.29) is 0 Å². The van der Waals surface area contributed by atoms with E-state index >= 15 is 0 Å². The Hall–Kier alpha value is -7.82. The fourth-order valence-electron chi connectivity index (χ4n) is 8.30. The quantitative estimate of drug-likeness (QED) is 0.122. The van der Waals surface area contributed by atoms with E-state index in [0.29, 0.717) is 0 Å². The predicted molar refractivity (Wildman–Crippen MR) is 259 cm³/mol. The summed E-state index contributed by atoms with van der Waals surface area (Å²) in [6.45, 7) is 6.62. The van der Waals surface area contributed by atoms with Crippen LogP contribution in [0, 0.1) is 20.8 Å². The topological polar surface area (TPSA) is 13.0 Å². The van der Waals surface area contributed by atoms with Crippen molar-refractivity contribution in [1.82, 2.24) is 0 Å². The van der Waals surface area contributed by atoms with Gasteiger partial charge in [-0.3, -0.25) is 0 Å². The van der Waals surface area contributed by atoms with Gasteiger partial charge in [0.05, 0.1) is 22.7 Å². The Bertz CT molecular complexity index is 2810. The highest BCUT2D eigenvalue weighted by Gasteiger charge is 2.34. The molecule has 0 aromatic heterocycles. The zero-order valence-corrected chi connectivity index (χ0v) is 34.8.